The van der Waals surface area contributed by atoms with E-state index in [1.807, 2.05) is 0 Å². The molecule has 0 aliphatic carbocycles. The molecule has 5 nitrogen and oxygen atoms in total. The maximum Gasteiger partial charge on any atom is 0.350 e. The van der Waals surface area contributed by atoms with Crippen LogP contribution in [0.1, 0.15) is 13.8 Å². The van der Waals surface area contributed by atoms with Gasteiger partial charge in [-0.15, -0.1) is 0 Å². The van der Waals surface area contributed by atoms with Gasteiger partial charge in [-0.1, -0.05) is 11.6 Å². The topological polar surface area (TPSA) is 64.6 Å². The minimum absolute atomic E-state index is 0.0253. The fourth-order valence-electron chi connectivity index (χ4n) is 1.60. The van der Waals surface area contributed by atoms with E-state index in [4.69, 9.17) is 21.1 Å². The third-order valence-corrected chi connectivity index (χ3v) is 3.33. The molecule has 0 unspecified atom stereocenters. The van der Waals surface area contributed by atoms with E-state index in [9.17, 15) is 14.0 Å². The molecule has 0 bridgehead atoms. The average molecular weight is 379 g/mol. The van der Waals surface area contributed by atoms with Gasteiger partial charge in [0.05, 0.1) is 5.69 Å². The van der Waals surface area contributed by atoms with Crippen molar-refractivity contribution in [3.63, 3.8) is 0 Å². The fourth-order valence-corrected chi connectivity index (χ4v) is 2.49. The minimum atomic E-state index is -1.32. The Kier molecular flexibility index (Phi) is 4.25. The van der Waals surface area contributed by atoms with Gasteiger partial charge >= 0.3 is 11.9 Å². The van der Waals surface area contributed by atoms with Gasteiger partial charge in [-0.05, 0) is 28.1 Å². The molecule has 1 aromatic rings. The standard InChI is InChI=1S/C13H10BrClFNO4/c1-13(2)20-11(18)7(12(19)21-13)5-17-10-8(14)3-6(15)4-9(10)16/h3-5,17H,1-2H3. The van der Waals surface area contributed by atoms with Crippen molar-refractivity contribution < 1.29 is 23.5 Å². The third kappa shape index (κ3) is 3.54. The fraction of sp³-hybridized carbons (Fsp3) is 0.231. The van der Waals surface area contributed by atoms with Crippen LogP contribution in [0.25, 0.3) is 0 Å². The summed E-state index contributed by atoms with van der Waals surface area (Å²) < 4.78 is 23.9. The van der Waals surface area contributed by atoms with Crippen LogP contribution in [0.15, 0.2) is 28.4 Å². The number of benzene rings is 1. The average Bonchev–Trinajstić information content (AvgIpc) is 2.29. The molecule has 0 atom stereocenters. The molecule has 0 amide bonds. The molecule has 1 aliphatic heterocycles. The lowest BCUT2D eigenvalue weighted by Crippen LogP contribution is -2.42. The normalized spacial score (nSPS) is 17.1. The molecule has 0 spiro atoms. The molecule has 0 aromatic heterocycles. The summed E-state index contributed by atoms with van der Waals surface area (Å²) in [5.41, 5.74) is -0.340. The summed E-state index contributed by atoms with van der Waals surface area (Å²) in [6, 6.07) is 2.56. The Morgan fingerprint density at radius 3 is 2.38 bits per heavy atom. The molecule has 21 heavy (non-hydrogen) atoms. The molecule has 0 radical (unpaired) electrons. The van der Waals surface area contributed by atoms with Crippen LogP contribution >= 0.6 is 27.5 Å². The molecule has 1 N–H and O–H groups in total. The second kappa shape index (κ2) is 5.65. The highest BCUT2D eigenvalue weighted by Crippen LogP contribution is 2.30. The summed E-state index contributed by atoms with van der Waals surface area (Å²) >= 11 is 8.81. The largest absolute Gasteiger partial charge is 0.419 e. The van der Waals surface area contributed by atoms with Crippen LogP contribution in [0.5, 0.6) is 0 Å². The lowest BCUT2D eigenvalue weighted by Gasteiger charge is -2.29. The van der Waals surface area contributed by atoms with Gasteiger partial charge in [0.2, 0.25) is 0 Å². The summed E-state index contributed by atoms with van der Waals surface area (Å²) in [6.45, 7) is 2.87. The maximum atomic E-state index is 13.7. The lowest BCUT2D eigenvalue weighted by atomic mass is 10.2. The van der Waals surface area contributed by atoms with E-state index < -0.39 is 23.5 Å². The van der Waals surface area contributed by atoms with Crippen LogP contribution in [0.3, 0.4) is 0 Å². The molecule has 112 valence electrons. The van der Waals surface area contributed by atoms with Crippen LogP contribution in [0, 0.1) is 5.82 Å². The highest BCUT2D eigenvalue weighted by atomic mass is 79.9. The van der Waals surface area contributed by atoms with Crippen molar-refractivity contribution in [2.75, 3.05) is 5.32 Å². The SMILES string of the molecule is CC1(C)OC(=O)C(=CNc2c(F)cc(Cl)cc2Br)C(=O)O1. The maximum absolute atomic E-state index is 13.7. The minimum Gasteiger partial charge on any atom is -0.419 e. The third-order valence-electron chi connectivity index (χ3n) is 2.48. The van der Waals surface area contributed by atoms with E-state index in [0.29, 0.717) is 4.47 Å². The van der Waals surface area contributed by atoms with Gasteiger partial charge in [0, 0.05) is 29.5 Å². The van der Waals surface area contributed by atoms with Crippen LogP contribution < -0.4 is 5.32 Å². The van der Waals surface area contributed by atoms with Gasteiger partial charge < -0.3 is 14.8 Å². The first kappa shape index (κ1) is 15.8. The van der Waals surface area contributed by atoms with E-state index >= 15 is 0 Å². The quantitative estimate of drug-likeness (QED) is 0.486. The predicted octanol–water partition coefficient (Wildman–Crippen LogP) is 3.37. The summed E-state index contributed by atoms with van der Waals surface area (Å²) in [5, 5.41) is 2.73. The van der Waals surface area contributed by atoms with Crippen molar-refractivity contribution in [3.05, 3.63) is 39.2 Å². The van der Waals surface area contributed by atoms with E-state index in [1.54, 1.807) is 0 Å². The zero-order chi connectivity index (χ0) is 15.8. The number of anilines is 1. The molecule has 1 saturated heterocycles. The van der Waals surface area contributed by atoms with Gasteiger partial charge in [-0.25, -0.2) is 14.0 Å². The summed E-state index contributed by atoms with van der Waals surface area (Å²) in [7, 11) is 0. The Balaban J connectivity index is 2.26. The summed E-state index contributed by atoms with van der Waals surface area (Å²) in [5.74, 6) is -3.68. The van der Waals surface area contributed by atoms with E-state index in [2.05, 4.69) is 21.2 Å². The van der Waals surface area contributed by atoms with Crippen LogP contribution in [-0.2, 0) is 19.1 Å². The van der Waals surface area contributed by atoms with Gasteiger partial charge in [0.1, 0.15) is 5.82 Å². The van der Waals surface area contributed by atoms with Gasteiger partial charge in [-0.3, -0.25) is 0 Å². The molecule has 0 saturated carbocycles. The Labute approximate surface area is 133 Å². The Hall–Kier alpha value is -1.60. The molecule has 8 heteroatoms. The second-order valence-corrected chi connectivity index (χ2v) is 5.92. The summed E-state index contributed by atoms with van der Waals surface area (Å²) in [4.78, 5) is 23.4. The number of halogens is 3. The Morgan fingerprint density at radius 1 is 1.29 bits per heavy atom. The number of esters is 2. The number of carbonyl (C=O) groups is 2. The van der Waals surface area contributed by atoms with E-state index in [-0.39, 0.29) is 16.3 Å². The van der Waals surface area contributed by atoms with Crippen molar-refractivity contribution in [1.29, 1.82) is 0 Å². The number of carbonyl (C=O) groups excluding carboxylic acids is 2. The zero-order valence-corrected chi connectivity index (χ0v) is 13.3. The molecule has 1 aliphatic rings. The van der Waals surface area contributed by atoms with Gasteiger partial charge in [0.15, 0.2) is 5.57 Å². The van der Waals surface area contributed by atoms with Crippen molar-refractivity contribution >= 4 is 45.2 Å². The van der Waals surface area contributed by atoms with Gasteiger partial charge in [-0.2, -0.15) is 0 Å². The van der Waals surface area contributed by atoms with Crippen LogP contribution in [0.2, 0.25) is 5.02 Å². The molecular weight excluding hydrogens is 369 g/mol. The molecule has 2 rings (SSSR count). The smallest absolute Gasteiger partial charge is 0.350 e. The number of hydrogen-bond acceptors (Lipinski definition) is 5. The van der Waals surface area contributed by atoms with Crippen molar-refractivity contribution in [1.82, 2.24) is 0 Å². The monoisotopic (exact) mass is 377 g/mol. The van der Waals surface area contributed by atoms with Crippen molar-refractivity contribution in [3.8, 4) is 0 Å². The second-order valence-electron chi connectivity index (χ2n) is 4.63. The van der Waals surface area contributed by atoms with Crippen LogP contribution in [0.4, 0.5) is 10.1 Å². The Morgan fingerprint density at radius 2 is 1.86 bits per heavy atom. The molecule has 1 aromatic carbocycles. The highest BCUT2D eigenvalue weighted by Gasteiger charge is 2.39. The lowest BCUT2D eigenvalue weighted by molar-refractivity contribution is -0.222. The highest BCUT2D eigenvalue weighted by molar-refractivity contribution is 9.10. The predicted molar refractivity (Wildman–Crippen MR) is 77.1 cm³/mol. The first-order valence-corrected chi connectivity index (χ1v) is 6.94. The number of rotatable bonds is 2. The first-order chi connectivity index (χ1) is 9.69. The summed E-state index contributed by atoms with van der Waals surface area (Å²) in [6.07, 6.45) is 1.02. The Bertz CT molecular complexity index is 615. The van der Waals surface area contributed by atoms with E-state index in [1.165, 1.54) is 19.9 Å². The van der Waals surface area contributed by atoms with Crippen LogP contribution in [-0.4, -0.2) is 17.7 Å². The molecular formula is C13H10BrClFNO4. The number of hydrogen-bond donors (Lipinski definition) is 1. The van der Waals surface area contributed by atoms with E-state index in [0.717, 1.165) is 12.3 Å². The van der Waals surface area contributed by atoms with Crippen molar-refractivity contribution in [2.24, 2.45) is 0 Å². The van der Waals surface area contributed by atoms with Gasteiger partial charge in [0.25, 0.3) is 5.79 Å². The number of nitrogens with one attached hydrogen (secondary N) is 1. The van der Waals surface area contributed by atoms with Crippen molar-refractivity contribution in [2.45, 2.75) is 19.6 Å². The molecule has 1 heterocycles. The first-order valence-electron chi connectivity index (χ1n) is 5.77. The number of ether oxygens (including phenoxy) is 2. The zero-order valence-electron chi connectivity index (χ0n) is 11.0. The molecule has 1 fully saturated rings. The number of cyclic esters (lactones) is 2.